The second kappa shape index (κ2) is 6.90. The van der Waals surface area contributed by atoms with Crippen LogP contribution in [0.3, 0.4) is 0 Å². The summed E-state index contributed by atoms with van der Waals surface area (Å²) in [5.41, 5.74) is 2.43. The first-order chi connectivity index (χ1) is 10.8. The standard InChI is InChI=1S/C18H23N3O/c1-20-10-11-21(13-16-12-17(22-2)8-9-19-16)18(14-20)15-6-4-3-5-7-15/h3-9,12,18H,10-11,13-14H2,1-2H3/t18-/m0/s1. The summed E-state index contributed by atoms with van der Waals surface area (Å²) in [6.45, 7) is 4.04. The minimum Gasteiger partial charge on any atom is -0.497 e. The molecule has 0 bridgehead atoms. The van der Waals surface area contributed by atoms with E-state index in [0.29, 0.717) is 6.04 Å². The number of piperazine rings is 1. The van der Waals surface area contributed by atoms with Gasteiger partial charge in [0.1, 0.15) is 5.75 Å². The van der Waals surface area contributed by atoms with E-state index in [0.717, 1.165) is 37.6 Å². The molecule has 1 atom stereocenters. The summed E-state index contributed by atoms with van der Waals surface area (Å²) in [4.78, 5) is 9.40. The Kier molecular flexibility index (Phi) is 4.71. The van der Waals surface area contributed by atoms with E-state index in [-0.39, 0.29) is 0 Å². The van der Waals surface area contributed by atoms with Crippen LogP contribution < -0.4 is 4.74 Å². The lowest BCUT2D eigenvalue weighted by molar-refractivity contribution is 0.0822. The lowest BCUT2D eigenvalue weighted by Gasteiger charge is -2.40. The molecule has 1 aromatic heterocycles. The minimum absolute atomic E-state index is 0.410. The molecule has 0 unspecified atom stereocenters. The Labute approximate surface area is 132 Å². The zero-order valence-electron chi connectivity index (χ0n) is 13.3. The van der Waals surface area contributed by atoms with Gasteiger partial charge in [0.05, 0.1) is 12.8 Å². The van der Waals surface area contributed by atoms with Gasteiger partial charge in [-0.15, -0.1) is 0 Å². The molecule has 4 heteroatoms. The van der Waals surface area contributed by atoms with Crippen molar-refractivity contribution < 1.29 is 4.74 Å². The summed E-state index contributed by atoms with van der Waals surface area (Å²) in [6.07, 6.45) is 1.82. The van der Waals surface area contributed by atoms with Crippen LogP contribution in [0, 0.1) is 0 Å². The number of benzene rings is 1. The Morgan fingerprint density at radius 2 is 2.00 bits per heavy atom. The van der Waals surface area contributed by atoms with Crippen LogP contribution in [-0.2, 0) is 6.54 Å². The molecule has 22 heavy (non-hydrogen) atoms. The number of aromatic nitrogens is 1. The molecule has 2 heterocycles. The second-order valence-electron chi connectivity index (χ2n) is 5.85. The van der Waals surface area contributed by atoms with E-state index in [1.54, 1.807) is 7.11 Å². The summed E-state index contributed by atoms with van der Waals surface area (Å²) in [6, 6.07) is 15.1. The van der Waals surface area contributed by atoms with Crippen LogP contribution in [0.2, 0.25) is 0 Å². The van der Waals surface area contributed by atoms with Crippen molar-refractivity contribution in [3.63, 3.8) is 0 Å². The summed E-state index contributed by atoms with van der Waals surface area (Å²) in [5.74, 6) is 0.871. The number of hydrogen-bond donors (Lipinski definition) is 0. The van der Waals surface area contributed by atoms with Crippen LogP contribution >= 0.6 is 0 Å². The van der Waals surface area contributed by atoms with Crippen molar-refractivity contribution >= 4 is 0 Å². The molecule has 0 amide bonds. The Morgan fingerprint density at radius 1 is 1.18 bits per heavy atom. The quantitative estimate of drug-likeness (QED) is 0.867. The molecule has 0 spiro atoms. The number of hydrogen-bond acceptors (Lipinski definition) is 4. The zero-order chi connectivity index (χ0) is 15.4. The fraction of sp³-hybridized carbons (Fsp3) is 0.389. The SMILES string of the molecule is COc1ccnc(CN2CCN(C)C[C@H]2c2ccccc2)c1. The highest BCUT2D eigenvalue weighted by Crippen LogP contribution is 2.26. The number of pyridine rings is 1. The topological polar surface area (TPSA) is 28.6 Å². The lowest BCUT2D eigenvalue weighted by Crippen LogP contribution is -2.46. The molecule has 3 rings (SSSR count). The van der Waals surface area contributed by atoms with Crippen molar-refractivity contribution in [2.75, 3.05) is 33.8 Å². The average Bonchev–Trinajstić information content (AvgIpc) is 2.57. The van der Waals surface area contributed by atoms with Gasteiger partial charge in [0, 0.05) is 44.5 Å². The van der Waals surface area contributed by atoms with Crippen LogP contribution in [0.5, 0.6) is 5.75 Å². The van der Waals surface area contributed by atoms with Crippen LogP contribution in [0.1, 0.15) is 17.3 Å². The van der Waals surface area contributed by atoms with Gasteiger partial charge in [-0.1, -0.05) is 30.3 Å². The Morgan fingerprint density at radius 3 is 2.77 bits per heavy atom. The molecule has 1 aliphatic rings. The first-order valence-corrected chi connectivity index (χ1v) is 7.73. The molecule has 0 radical (unpaired) electrons. The van der Waals surface area contributed by atoms with Gasteiger partial charge in [-0.2, -0.15) is 0 Å². The predicted octanol–water partition coefficient (Wildman–Crippen LogP) is 2.58. The molecule has 116 valence electrons. The molecule has 2 aromatic rings. The molecule has 0 N–H and O–H groups in total. The maximum absolute atomic E-state index is 5.31. The Balaban J connectivity index is 1.80. The van der Waals surface area contributed by atoms with E-state index in [4.69, 9.17) is 4.74 Å². The number of nitrogens with zero attached hydrogens (tertiary/aromatic N) is 3. The summed E-state index contributed by atoms with van der Waals surface area (Å²) >= 11 is 0. The van der Waals surface area contributed by atoms with Crippen molar-refractivity contribution in [3.8, 4) is 5.75 Å². The molecule has 1 saturated heterocycles. The Bertz CT molecular complexity index is 602. The summed E-state index contributed by atoms with van der Waals surface area (Å²) < 4.78 is 5.31. The van der Waals surface area contributed by atoms with Crippen molar-refractivity contribution in [3.05, 3.63) is 59.9 Å². The zero-order valence-corrected chi connectivity index (χ0v) is 13.3. The van der Waals surface area contributed by atoms with E-state index in [9.17, 15) is 0 Å². The van der Waals surface area contributed by atoms with Crippen LogP contribution in [0.25, 0.3) is 0 Å². The van der Waals surface area contributed by atoms with Crippen LogP contribution in [-0.4, -0.2) is 48.6 Å². The maximum Gasteiger partial charge on any atom is 0.122 e. The van der Waals surface area contributed by atoms with Crippen LogP contribution in [0.15, 0.2) is 48.7 Å². The van der Waals surface area contributed by atoms with Gasteiger partial charge in [0.15, 0.2) is 0 Å². The smallest absolute Gasteiger partial charge is 0.122 e. The third kappa shape index (κ3) is 3.46. The van der Waals surface area contributed by atoms with Gasteiger partial charge in [0.2, 0.25) is 0 Å². The van der Waals surface area contributed by atoms with E-state index >= 15 is 0 Å². The molecule has 0 saturated carbocycles. The van der Waals surface area contributed by atoms with Gasteiger partial charge >= 0.3 is 0 Å². The van der Waals surface area contributed by atoms with Crippen molar-refractivity contribution in [2.24, 2.45) is 0 Å². The molecular weight excluding hydrogens is 274 g/mol. The third-order valence-electron chi connectivity index (χ3n) is 4.27. The minimum atomic E-state index is 0.410. The van der Waals surface area contributed by atoms with Crippen molar-refractivity contribution in [1.82, 2.24) is 14.8 Å². The van der Waals surface area contributed by atoms with Gasteiger partial charge in [-0.05, 0) is 18.7 Å². The lowest BCUT2D eigenvalue weighted by atomic mass is 10.0. The van der Waals surface area contributed by atoms with Crippen molar-refractivity contribution in [1.29, 1.82) is 0 Å². The first-order valence-electron chi connectivity index (χ1n) is 7.73. The molecule has 4 nitrogen and oxygen atoms in total. The van der Waals surface area contributed by atoms with Crippen LogP contribution in [0.4, 0.5) is 0 Å². The highest BCUT2D eigenvalue weighted by Gasteiger charge is 2.26. The monoisotopic (exact) mass is 297 g/mol. The van der Waals surface area contributed by atoms with Gasteiger partial charge in [-0.25, -0.2) is 0 Å². The molecule has 1 fully saturated rings. The summed E-state index contributed by atoms with van der Waals surface area (Å²) in [5, 5.41) is 0. The fourth-order valence-corrected chi connectivity index (χ4v) is 3.02. The first kappa shape index (κ1) is 15.0. The molecule has 1 aromatic carbocycles. The van der Waals surface area contributed by atoms with Gasteiger partial charge in [-0.3, -0.25) is 9.88 Å². The third-order valence-corrected chi connectivity index (χ3v) is 4.27. The van der Waals surface area contributed by atoms with Gasteiger partial charge < -0.3 is 9.64 Å². The predicted molar refractivity (Wildman–Crippen MR) is 87.9 cm³/mol. The second-order valence-corrected chi connectivity index (χ2v) is 5.85. The van der Waals surface area contributed by atoms with E-state index in [2.05, 4.69) is 52.2 Å². The average molecular weight is 297 g/mol. The summed E-state index contributed by atoms with van der Waals surface area (Å²) in [7, 11) is 3.89. The number of methoxy groups -OCH3 is 1. The fourth-order valence-electron chi connectivity index (χ4n) is 3.02. The number of likely N-dealkylation sites (N-methyl/N-ethyl adjacent to an activating group) is 1. The van der Waals surface area contributed by atoms with E-state index in [1.807, 2.05) is 18.3 Å². The Hall–Kier alpha value is -1.91. The molecule has 1 aliphatic heterocycles. The van der Waals surface area contributed by atoms with E-state index in [1.165, 1.54) is 5.56 Å². The van der Waals surface area contributed by atoms with E-state index < -0.39 is 0 Å². The van der Waals surface area contributed by atoms with Gasteiger partial charge in [0.25, 0.3) is 0 Å². The number of ether oxygens (including phenoxy) is 1. The van der Waals surface area contributed by atoms with Crippen molar-refractivity contribution in [2.45, 2.75) is 12.6 Å². The molecular formula is C18H23N3O. The maximum atomic E-state index is 5.31. The largest absolute Gasteiger partial charge is 0.497 e. The normalized spacial score (nSPS) is 20.0. The molecule has 0 aliphatic carbocycles. The highest BCUT2D eigenvalue weighted by atomic mass is 16.5. The number of rotatable bonds is 4. The highest BCUT2D eigenvalue weighted by molar-refractivity contribution is 5.24.